The van der Waals surface area contributed by atoms with E-state index in [4.69, 9.17) is 5.21 Å². The van der Waals surface area contributed by atoms with Crippen LogP contribution in [0.2, 0.25) is 0 Å². The van der Waals surface area contributed by atoms with Crippen LogP contribution in [0.4, 0.5) is 0 Å². The molecule has 0 unspecified atom stereocenters. The lowest BCUT2D eigenvalue weighted by Crippen LogP contribution is -2.23. The lowest BCUT2D eigenvalue weighted by molar-refractivity contribution is 0.0706. The number of hydrogen-bond acceptors (Lipinski definition) is 5. The topological polar surface area (TPSA) is 97.1 Å². The number of hydrogen-bond donors (Lipinski definition) is 2. The van der Waals surface area contributed by atoms with E-state index in [0.29, 0.717) is 17.4 Å². The third kappa shape index (κ3) is 3.38. The van der Waals surface area contributed by atoms with Gasteiger partial charge in [0.05, 0.1) is 23.8 Å². The molecule has 0 spiro atoms. The molecule has 28 heavy (non-hydrogen) atoms. The summed E-state index contributed by atoms with van der Waals surface area (Å²) < 4.78 is 1.49. The number of carbonyl (C=O) groups excluding carboxylic acids is 1. The average Bonchev–Trinajstić information content (AvgIpc) is 2.76. The van der Waals surface area contributed by atoms with E-state index >= 15 is 0 Å². The zero-order chi connectivity index (χ0) is 19.5. The number of nitrogens with one attached hydrogen (secondary N) is 1. The molecule has 2 aromatic carbocycles. The molecule has 0 atom stereocenters. The van der Waals surface area contributed by atoms with Crippen molar-refractivity contribution in [3.8, 4) is 11.1 Å². The average molecular weight is 372 g/mol. The second kappa shape index (κ2) is 7.42. The van der Waals surface area contributed by atoms with E-state index in [1.807, 2.05) is 36.4 Å². The summed E-state index contributed by atoms with van der Waals surface area (Å²) in [5.41, 5.74) is 5.00. The van der Waals surface area contributed by atoms with Crippen LogP contribution >= 0.6 is 0 Å². The monoisotopic (exact) mass is 372 g/mol. The molecule has 0 fully saturated rings. The van der Waals surface area contributed by atoms with Gasteiger partial charge in [0.1, 0.15) is 0 Å². The first-order valence-electron chi connectivity index (χ1n) is 8.59. The number of carbonyl (C=O) groups is 1. The fourth-order valence-corrected chi connectivity index (χ4v) is 3.07. The van der Waals surface area contributed by atoms with E-state index in [2.05, 4.69) is 9.97 Å². The first-order valence-corrected chi connectivity index (χ1v) is 8.59. The Bertz CT molecular complexity index is 1220. The lowest BCUT2D eigenvalue weighted by atomic mass is 10.0. The molecule has 7 nitrogen and oxygen atoms in total. The summed E-state index contributed by atoms with van der Waals surface area (Å²) in [6.07, 6.45) is 4.97. The molecule has 7 heteroatoms. The van der Waals surface area contributed by atoms with E-state index < -0.39 is 5.91 Å². The van der Waals surface area contributed by atoms with Gasteiger partial charge in [-0.15, -0.1) is 0 Å². The normalized spacial score (nSPS) is 10.8. The highest BCUT2D eigenvalue weighted by molar-refractivity contribution is 5.97. The molecule has 0 saturated heterocycles. The van der Waals surface area contributed by atoms with Gasteiger partial charge in [-0.2, -0.15) is 0 Å². The van der Waals surface area contributed by atoms with Crippen molar-refractivity contribution in [1.29, 1.82) is 0 Å². The van der Waals surface area contributed by atoms with Gasteiger partial charge in [-0.05, 0) is 53.1 Å². The summed E-state index contributed by atoms with van der Waals surface area (Å²) in [6, 6.07) is 16.3. The molecule has 4 rings (SSSR count). The van der Waals surface area contributed by atoms with E-state index in [1.165, 1.54) is 23.0 Å². The molecule has 2 aromatic heterocycles. The number of nitrogens with zero attached hydrogens (tertiary/aromatic N) is 3. The summed E-state index contributed by atoms with van der Waals surface area (Å²) in [7, 11) is 0. The van der Waals surface area contributed by atoms with Crippen molar-refractivity contribution in [3.05, 3.63) is 94.8 Å². The largest absolute Gasteiger partial charge is 0.294 e. The zero-order valence-electron chi connectivity index (χ0n) is 14.7. The predicted octanol–water partition coefficient (Wildman–Crippen LogP) is 2.63. The van der Waals surface area contributed by atoms with Gasteiger partial charge >= 0.3 is 0 Å². The maximum absolute atomic E-state index is 12.9. The van der Waals surface area contributed by atoms with Crippen molar-refractivity contribution >= 4 is 16.8 Å². The van der Waals surface area contributed by atoms with Crippen LogP contribution in [0, 0.1) is 0 Å². The standard InChI is InChI=1S/C21H16N4O3/c26-20(24-28)17-4-5-19-18(11-17)21(27)25(13-23-19)12-14-2-1-3-16(10-14)15-6-8-22-9-7-15/h1-11,13,28H,12H2,(H,24,26). The molecule has 0 aliphatic heterocycles. The summed E-state index contributed by atoms with van der Waals surface area (Å²) in [6.45, 7) is 0.344. The molecule has 0 aliphatic rings. The minimum absolute atomic E-state index is 0.186. The predicted molar refractivity (Wildman–Crippen MR) is 104 cm³/mol. The molecular weight excluding hydrogens is 356 g/mol. The number of fused-ring (bicyclic) bond motifs is 1. The van der Waals surface area contributed by atoms with Crippen LogP contribution in [0.5, 0.6) is 0 Å². The quantitative estimate of drug-likeness (QED) is 0.424. The van der Waals surface area contributed by atoms with E-state index in [-0.39, 0.29) is 11.1 Å². The Morgan fingerprint density at radius 1 is 1.04 bits per heavy atom. The van der Waals surface area contributed by atoms with E-state index in [9.17, 15) is 9.59 Å². The number of pyridine rings is 1. The van der Waals surface area contributed by atoms with Crippen molar-refractivity contribution < 1.29 is 10.0 Å². The van der Waals surface area contributed by atoms with Crippen LogP contribution in [0.25, 0.3) is 22.0 Å². The van der Waals surface area contributed by atoms with Gasteiger partial charge in [-0.3, -0.25) is 24.3 Å². The van der Waals surface area contributed by atoms with Crippen molar-refractivity contribution in [3.63, 3.8) is 0 Å². The van der Waals surface area contributed by atoms with Gasteiger partial charge in [-0.1, -0.05) is 18.2 Å². The Hall–Kier alpha value is -3.84. The van der Waals surface area contributed by atoms with Gasteiger partial charge in [0, 0.05) is 18.0 Å². The van der Waals surface area contributed by atoms with Crippen molar-refractivity contribution in [2.45, 2.75) is 6.54 Å². The van der Waals surface area contributed by atoms with Gasteiger partial charge in [0.15, 0.2) is 0 Å². The van der Waals surface area contributed by atoms with Crippen LogP contribution < -0.4 is 11.0 Å². The molecule has 4 aromatic rings. The Morgan fingerprint density at radius 3 is 2.64 bits per heavy atom. The minimum atomic E-state index is -0.679. The molecule has 2 heterocycles. The SMILES string of the molecule is O=C(NO)c1ccc2ncn(Cc3cccc(-c4ccncc4)c3)c(=O)c2c1. The second-order valence-electron chi connectivity index (χ2n) is 6.29. The zero-order valence-corrected chi connectivity index (χ0v) is 14.7. The Labute approximate surface area is 159 Å². The molecule has 0 bridgehead atoms. The Morgan fingerprint density at radius 2 is 1.86 bits per heavy atom. The summed E-state index contributed by atoms with van der Waals surface area (Å²) in [5.74, 6) is -0.679. The van der Waals surface area contributed by atoms with Crippen molar-refractivity contribution in [1.82, 2.24) is 20.0 Å². The molecule has 0 saturated carbocycles. The second-order valence-corrected chi connectivity index (χ2v) is 6.29. The van der Waals surface area contributed by atoms with Crippen molar-refractivity contribution in [2.75, 3.05) is 0 Å². The summed E-state index contributed by atoms with van der Waals surface area (Å²) in [5, 5.41) is 9.11. The highest BCUT2D eigenvalue weighted by Crippen LogP contribution is 2.20. The summed E-state index contributed by atoms with van der Waals surface area (Å²) in [4.78, 5) is 32.8. The maximum atomic E-state index is 12.9. The Balaban J connectivity index is 1.71. The molecule has 0 radical (unpaired) electrons. The van der Waals surface area contributed by atoms with Gasteiger partial charge in [0.25, 0.3) is 11.5 Å². The fourth-order valence-electron chi connectivity index (χ4n) is 3.07. The number of rotatable bonds is 4. The smallest absolute Gasteiger partial charge is 0.274 e. The first-order chi connectivity index (χ1) is 13.7. The van der Waals surface area contributed by atoms with Gasteiger partial charge in [-0.25, -0.2) is 10.5 Å². The number of benzene rings is 2. The third-order valence-corrected chi connectivity index (χ3v) is 4.48. The van der Waals surface area contributed by atoms with Crippen LogP contribution in [-0.4, -0.2) is 25.6 Å². The molecular formula is C21H16N4O3. The first kappa shape index (κ1) is 17.6. The minimum Gasteiger partial charge on any atom is -0.294 e. The van der Waals surface area contributed by atoms with E-state index in [1.54, 1.807) is 23.9 Å². The highest BCUT2D eigenvalue weighted by atomic mass is 16.5. The molecule has 138 valence electrons. The molecule has 0 aliphatic carbocycles. The van der Waals surface area contributed by atoms with Crippen LogP contribution in [0.15, 0.2) is 78.1 Å². The van der Waals surface area contributed by atoms with Crippen LogP contribution in [0.1, 0.15) is 15.9 Å². The lowest BCUT2D eigenvalue weighted by Gasteiger charge is -2.09. The molecule has 1 amide bonds. The van der Waals surface area contributed by atoms with Gasteiger partial charge in [0.2, 0.25) is 0 Å². The van der Waals surface area contributed by atoms with Crippen LogP contribution in [-0.2, 0) is 6.54 Å². The van der Waals surface area contributed by atoms with E-state index in [0.717, 1.165) is 16.7 Å². The maximum Gasteiger partial charge on any atom is 0.274 e. The fraction of sp³-hybridized carbons (Fsp3) is 0.0476. The number of hydroxylamine groups is 1. The number of amides is 1. The highest BCUT2D eigenvalue weighted by Gasteiger charge is 2.10. The van der Waals surface area contributed by atoms with Crippen molar-refractivity contribution in [2.24, 2.45) is 0 Å². The molecule has 2 N–H and O–H groups in total. The number of aromatic nitrogens is 3. The van der Waals surface area contributed by atoms with Gasteiger partial charge < -0.3 is 0 Å². The third-order valence-electron chi connectivity index (χ3n) is 4.48. The Kier molecular flexibility index (Phi) is 4.65. The summed E-state index contributed by atoms with van der Waals surface area (Å²) >= 11 is 0. The van der Waals surface area contributed by atoms with Crippen LogP contribution in [0.3, 0.4) is 0 Å².